The van der Waals surface area contributed by atoms with Crippen molar-refractivity contribution in [2.75, 3.05) is 0 Å². The molecule has 236 valence electrons. The summed E-state index contributed by atoms with van der Waals surface area (Å²) in [5, 5.41) is 2.68. The van der Waals surface area contributed by atoms with Gasteiger partial charge in [-0.25, -0.2) is 4.98 Å². The molecule has 0 fully saturated rings. The van der Waals surface area contributed by atoms with Crippen LogP contribution in [0.4, 0.5) is 0 Å². The standard InChI is InChI=1S/C48H33NS/c1-32-21-26-47-44(27-32)43-20-10-19-42(48(43)50-47)40-18-9-16-38(29-40)34-24-22-33(23-25-34)37-15-8-17-39(28-37)41-30-45(35-11-4-2-5-12-35)49-46(31-41)36-13-6-3-7-14-36/h2-31H,1H3. The Labute approximate surface area is 296 Å². The van der Waals surface area contributed by atoms with E-state index in [1.165, 1.54) is 64.7 Å². The second-order valence-corrected chi connectivity index (χ2v) is 13.9. The summed E-state index contributed by atoms with van der Waals surface area (Å²) in [5.41, 5.74) is 15.1. The van der Waals surface area contributed by atoms with Gasteiger partial charge in [0.2, 0.25) is 0 Å². The first-order valence-electron chi connectivity index (χ1n) is 17.0. The van der Waals surface area contributed by atoms with E-state index in [0.29, 0.717) is 0 Å². The minimum atomic E-state index is 0.970. The molecular formula is C48H33NS. The zero-order valence-corrected chi connectivity index (χ0v) is 28.5. The number of fused-ring (bicyclic) bond motifs is 3. The first kappa shape index (κ1) is 30.0. The van der Waals surface area contributed by atoms with E-state index in [1.807, 2.05) is 23.5 Å². The zero-order chi connectivity index (χ0) is 33.4. The van der Waals surface area contributed by atoms with Crippen molar-refractivity contribution >= 4 is 31.5 Å². The van der Waals surface area contributed by atoms with Gasteiger partial charge in [0.25, 0.3) is 0 Å². The second kappa shape index (κ2) is 12.7. The lowest BCUT2D eigenvalue weighted by Crippen LogP contribution is -1.91. The smallest absolute Gasteiger partial charge is 0.0715 e. The van der Waals surface area contributed by atoms with E-state index in [2.05, 4.69) is 177 Å². The van der Waals surface area contributed by atoms with Gasteiger partial charge in [0.15, 0.2) is 0 Å². The molecule has 7 aromatic carbocycles. The molecule has 2 aromatic heterocycles. The first-order chi connectivity index (χ1) is 24.7. The number of thiophene rings is 1. The minimum Gasteiger partial charge on any atom is -0.248 e. The van der Waals surface area contributed by atoms with Crippen molar-refractivity contribution in [1.29, 1.82) is 0 Å². The first-order valence-corrected chi connectivity index (χ1v) is 17.8. The topological polar surface area (TPSA) is 12.9 Å². The molecule has 2 heteroatoms. The fraction of sp³-hybridized carbons (Fsp3) is 0.0208. The number of hydrogen-bond acceptors (Lipinski definition) is 2. The Kier molecular flexibility index (Phi) is 7.65. The molecule has 0 bridgehead atoms. The van der Waals surface area contributed by atoms with E-state index in [4.69, 9.17) is 4.98 Å². The predicted octanol–water partition coefficient (Wildman–Crippen LogP) is 13.8. The lowest BCUT2D eigenvalue weighted by Gasteiger charge is -2.12. The number of benzene rings is 7. The van der Waals surface area contributed by atoms with Gasteiger partial charge in [-0.3, -0.25) is 0 Å². The number of nitrogens with zero attached hydrogens (tertiary/aromatic N) is 1. The Morgan fingerprint density at radius 2 is 0.880 bits per heavy atom. The van der Waals surface area contributed by atoms with Crippen molar-refractivity contribution < 1.29 is 0 Å². The molecule has 0 aliphatic rings. The van der Waals surface area contributed by atoms with Crippen LogP contribution in [0.2, 0.25) is 0 Å². The van der Waals surface area contributed by atoms with Crippen LogP contribution in [-0.4, -0.2) is 4.98 Å². The summed E-state index contributed by atoms with van der Waals surface area (Å²) in [6.07, 6.45) is 0. The van der Waals surface area contributed by atoms with Crippen LogP contribution in [0.5, 0.6) is 0 Å². The Bertz CT molecular complexity index is 2580. The molecule has 0 N–H and O–H groups in total. The molecule has 0 amide bonds. The van der Waals surface area contributed by atoms with E-state index in [0.717, 1.165) is 28.1 Å². The highest BCUT2D eigenvalue weighted by atomic mass is 32.1. The Morgan fingerprint density at radius 3 is 1.50 bits per heavy atom. The monoisotopic (exact) mass is 655 g/mol. The highest BCUT2D eigenvalue weighted by molar-refractivity contribution is 7.26. The van der Waals surface area contributed by atoms with Crippen LogP contribution in [0.25, 0.3) is 87.2 Å². The maximum absolute atomic E-state index is 5.07. The summed E-state index contributed by atoms with van der Waals surface area (Å²) in [7, 11) is 0. The molecule has 50 heavy (non-hydrogen) atoms. The van der Waals surface area contributed by atoms with Gasteiger partial charge in [-0.15, -0.1) is 11.3 Å². The molecule has 0 spiro atoms. The van der Waals surface area contributed by atoms with Crippen LogP contribution in [0.3, 0.4) is 0 Å². The zero-order valence-electron chi connectivity index (χ0n) is 27.7. The van der Waals surface area contributed by atoms with Gasteiger partial charge < -0.3 is 0 Å². The molecule has 0 radical (unpaired) electrons. The molecule has 0 saturated carbocycles. The molecule has 9 aromatic rings. The van der Waals surface area contributed by atoms with Crippen LogP contribution in [0, 0.1) is 6.92 Å². The van der Waals surface area contributed by atoms with Crippen LogP contribution < -0.4 is 0 Å². The summed E-state index contributed by atoms with van der Waals surface area (Å²) >= 11 is 1.89. The second-order valence-electron chi connectivity index (χ2n) is 12.9. The third kappa shape index (κ3) is 5.70. The fourth-order valence-corrected chi connectivity index (χ4v) is 8.17. The maximum Gasteiger partial charge on any atom is 0.0715 e. The van der Waals surface area contributed by atoms with Crippen molar-refractivity contribution in [2.24, 2.45) is 0 Å². The Morgan fingerprint density at radius 1 is 0.360 bits per heavy atom. The lowest BCUT2D eigenvalue weighted by molar-refractivity contribution is 1.32. The van der Waals surface area contributed by atoms with Crippen molar-refractivity contribution in [3.63, 3.8) is 0 Å². The molecule has 2 heterocycles. The van der Waals surface area contributed by atoms with Gasteiger partial charge in [0.1, 0.15) is 0 Å². The lowest BCUT2D eigenvalue weighted by atomic mass is 9.95. The van der Waals surface area contributed by atoms with Gasteiger partial charge in [0, 0.05) is 31.3 Å². The van der Waals surface area contributed by atoms with Gasteiger partial charge >= 0.3 is 0 Å². The number of hydrogen-bond donors (Lipinski definition) is 0. The van der Waals surface area contributed by atoms with Crippen LogP contribution in [0.15, 0.2) is 182 Å². The third-order valence-corrected chi connectivity index (χ3v) is 10.8. The molecule has 0 saturated heterocycles. The maximum atomic E-state index is 5.07. The number of rotatable bonds is 6. The summed E-state index contributed by atoms with van der Waals surface area (Å²) in [5.74, 6) is 0. The molecule has 0 aliphatic heterocycles. The number of aromatic nitrogens is 1. The normalized spacial score (nSPS) is 11.3. The van der Waals surface area contributed by atoms with Gasteiger partial charge in [-0.05, 0) is 87.8 Å². The molecule has 1 nitrogen and oxygen atoms in total. The molecular weight excluding hydrogens is 623 g/mol. The number of pyridine rings is 1. The van der Waals surface area contributed by atoms with E-state index in [-0.39, 0.29) is 0 Å². The quantitative estimate of drug-likeness (QED) is 0.174. The predicted molar refractivity (Wildman–Crippen MR) is 214 cm³/mol. The van der Waals surface area contributed by atoms with E-state index >= 15 is 0 Å². The molecule has 9 rings (SSSR count). The van der Waals surface area contributed by atoms with E-state index in [9.17, 15) is 0 Å². The Balaban J connectivity index is 1.05. The third-order valence-electron chi connectivity index (χ3n) is 9.54. The summed E-state index contributed by atoms with van der Waals surface area (Å²) in [4.78, 5) is 5.07. The summed E-state index contributed by atoms with van der Waals surface area (Å²) in [6.45, 7) is 2.17. The van der Waals surface area contributed by atoms with Crippen LogP contribution in [0.1, 0.15) is 5.56 Å². The number of aryl methyl sites for hydroxylation is 1. The highest BCUT2D eigenvalue weighted by Crippen LogP contribution is 2.41. The van der Waals surface area contributed by atoms with Crippen LogP contribution >= 0.6 is 11.3 Å². The van der Waals surface area contributed by atoms with Gasteiger partial charge in [0.05, 0.1) is 11.4 Å². The fourth-order valence-electron chi connectivity index (χ4n) is 6.95. The summed E-state index contributed by atoms with van der Waals surface area (Å²) in [6, 6.07) is 65.5. The largest absolute Gasteiger partial charge is 0.248 e. The highest BCUT2D eigenvalue weighted by Gasteiger charge is 2.13. The average Bonchev–Trinajstić information content (AvgIpc) is 3.56. The van der Waals surface area contributed by atoms with Gasteiger partial charge in [-0.1, -0.05) is 151 Å². The Hall–Kier alpha value is -6.09. The van der Waals surface area contributed by atoms with Crippen molar-refractivity contribution in [3.05, 3.63) is 188 Å². The van der Waals surface area contributed by atoms with Crippen molar-refractivity contribution in [3.8, 4) is 67.0 Å². The van der Waals surface area contributed by atoms with Crippen molar-refractivity contribution in [2.45, 2.75) is 6.92 Å². The SMILES string of the molecule is Cc1ccc2sc3c(-c4cccc(-c5ccc(-c6cccc(-c7cc(-c8ccccc8)nc(-c8ccccc8)c7)c6)cc5)c4)cccc3c2c1. The molecule has 0 unspecified atom stereocenters. The van der Waals surface area contributed by atoms with E-state index < -0.39 is 0 Å². The van der Waals surface area contributed by atoms with E-state index in [1.54, 1.807) is 0 Å². The summed E-state index contributed by atoms with van der Waals surface area (Å²) < 4.78 is 2.69. The molecule has 0 atom stereocenters. The molecule has 0 aliphatic carbocycles. The minimum absolute atomic E-state index is 0.970. The average molecular weight is 656 g/mol. The van der Waals surface area contributed by atoms with Crippen LogP contribution in [-0.2, 0) is 0 Å². The van der Waals surface area contributed by atoms with Gasteiger partial charge in [-0.2, -0.15) is 0 Å². The van der Waals surface area contributed by atoms with Crippen molar-refractivity contribution in [1.82, 2.24) is 4.98 Å².